The van der Waals surface area contributed by atoms with E-state index < -0.39 is 30.9 Å². The van der Waals surface area contributed by atoms with Gasteiger partial charge in [0.1, 0.15) is 12.2 Å². The van der Waals surface area contributed by atoms with E-state index in [1.54, 1.807) is 0 Å². The van der Waals surface area contributed by atoms with Crippen molar-refractivity contribution < 1.29 is 29.6 Å². The van der Waals surface area contributed by atoms with Crippen LogP contribution in [0.5, 0.6) is 0 Å². The van der Waals surface area contributed by atoms with Crippen molar-refractivity contribution in [3.63, 3.8) is 0 Å². The van der Waals surface area contributed by atoms with E-state index in [1.807, 2.05) is 0 Å². The third kappa shape index (κ3) is 3.97. The number of aliphatic hydroxyl groups excluding tert-OH is 3. The van der Waals surface area contributed by atoms with Gasteiger partial charge in [-0.25, -0.2) is 0 Å². The Hall–Kier alpha value is -0.980. The van der Waals surface area contributed by atoms with Gasteiger partial charge in [0.25, 0.3) is 0 Å². The molecule has 0 aliphatic rings. The van der Waals surface area contributed by atoms with Gasteiger partial charge in [0, 0.05) is 6.92 Å². The summed E-state index contributed by atoms with van der Waals surface area (Å²) < 4.78 is 4.36. The van der Waals surface area contributed by atoms with Crippen LogP contribution in [0.25, 0.3) is 0 Å². The molecule has 0 amide bonds. The zero-order valence-electron chi connectivity index (χ0n) is 7.08. The van der Waals surface area contributed by atoms with Crippen LogP contribution < -0.4 is 0 Å². The monoisotopic (exact) mass is 192 g/mol. The topological polar surface area (TPSA) is 104 Å². The number of aldehydes is 1. The maximum atomic E-state index is 10.4. The zero-order valence-corrected chi connectivity index (χ0v) is 7.08. The van der Waals surface area contributed by atoms with Crippen LogP contribution in [0, 0.1) is 0 Å². The highest BCUT2D eigenvalue weighted by Crippen LogP contribution is 2.02. The van der Waals surface area contributed by atoms with Gasteiger partial charge in [-0.3, -0.25) is 9.59 Å². The van der Waals surface area contributed by atoms with E-state index in [-0.39, 0.29) is 6.29 Å². The molecule has 0 aromatic carbocycles. The molecule has 6 nitrogen and oxygen atoms in total. The van der Waals surface area contributed by atoms with Crippen LogP contribution >= 0.6 is 0 Å². The highest BCUT2D eigenvalue weighted by molar-refractivity contribution is 5.70. The smallest absolute Gasteiger partial charge is 0.303 e. The number of esters is 1. The second-order valence-corrected chi connectivity index (χ2v) is 2.45. The molecular weight excluding hydrogens is 180 g/mol. The molecule has 0 spiro atoms. The third-order valence-corrected chi connectivity index (χ3v) is 1.35. The molecule has 0 aromatic heterocycles. The first-order valence-electron chi connectivity index (χ1n) is 3.62. The zero-order chi connectivity index (χ0) is 10.4. The molecule has 0 saturated heterocycles. The van der Waals surface area contributed by atoms with Crippen molar-refractivity contribution in [1.29, 1.82) is 0 Å². The standard InChI is InChI=1S/C7H12O6/c1-4(10)13-6(3-9)7(12)5(11)2-8/h3,5-8,11-12H,2H2,1H3. The van der Waals surface area contributed by atoms with Crippen molar-refractivity contribution in [2.75, 3.05) is 6.61 Å². The van der Waals surface area contributed by atoms with Gasteiger partial charge < -0.3 is 20.1 Å². The first-order chi connectivity index (χ1) is 6.02. The lowest BCUT2D eigenvalue weighted by molar-refractivity contribution is -0.161. The van der Waals surface area contributed by atoms with Gasteiger partial charge >= 0.3 is 5.97 Å². The van der Waals surface area contributed by atoms with E-state index in [0.29, 0.717) is 0 Å². The van der Waals surface area contributed by atoms with Crippen molar-refractivity contribution in [1.82, 2.24) is 0 Å². The van der Waals surface area contributed by atoms with Crippen molar-refractivity contribution in [3.05, 3.63) is 0 Å². The summed E-state index contributed by atoms with van der Waals surface area (Å²) in [5.41, 5.74) is 0. The summed E-state index contributed by atoms with van der Waals surface area (Å²) >= 11 is 0. The average Bonchev–Trinajstić information content (AvgIpc) is 2.11. The number of carbonyl (C=O) groups excluding carboxylic acids is 2. The molecule has 0 aliphatic carbocycles. The summed E-state index contributed by atoms with van der Waals surface area (Å²) in [6.07, 6.45) is -4.37. The van der Waals surface area contributed by atoms with Crippen LogP contribution in [0.3, 0.4) is 0 Å². The van der Waals surface area contributed by atoms with Gasteiger partial charge in [0.2, 0.25) is 0 Å². The molecule has 6 heteroatoms. The Balaban J connectivity index is 4.21. The first kappa shape index (κ1) is 12.0. The molecule has 0 aliphatic heterocycles. The van der Waals surface area contributed by atoms with Crippen LogP contribution in [0.4, 0.5) is 0 Å². The summed E-state index contributed by atoms with van der Waals surface area (Å²) in [5.74, 6) is -0.749. The maximum Gasteiger partial charge on any atom is 0.303 e. The van der Waals surface area contributed by atoms with Crippen LogP contribution in [0.2, 0.25) is 0 Å². The van der Waals surface area contributed by atoms with Crippen molar-refractivity contribution in [3.8, 4) is 0 Å². The van der Waals surface area contributed by atoms with Gasteiger partial charge in [-0.15, -0.1) is 0 Å². The molecule has 3 atom stereocenters. The molecule has 13 heavy (non-hydrogen) atoms. The minimum absolute atomic E-state index is 0.185. The number of hydrogen-bond acceptors (Lipinski definition) is 6. The van der Waals surface area contributed by atoms with E-state index in [2.05, 4.69) is 4.74 Å². The fraction of sp³-hybridized carbons (Fsp3) is 0.714. The van der Waals surface area contributed by atoms with Crippen LogP contribution in [0.1, 0.15) is 6.92 Å². The van der Waals surface area contributed by atoms with E-state index in [9.17, 15) is 9.59 Å². The lowest BCUT2D eigenvalue weighted by atomic mass is 10.1. The molecule has 0 aromatic rings. The van der Waals surface area contributed by atoms with Crippen molar-refractivity contribution >= 4 is 12.3 Å². The molecule has 3 unspecified atom stereocenters. The SMILES string of the molecule is CC(=O)OC(C=O)C(O)C(O)CO. The van der Waals surface area contributed by atoms with Crippen LogP contribution in [-0.2, 0) is 14.3 Å². The Morgan fingerprint density at radius 2 is 2.08 bits per heavy atom. The molecule has 0 fully saturated rings. The van der Waals surface area contributed by atoms with Crippen LogP contribution in [0.15, 0.2) is 0 Å². The molecule has 0 bridgehead atoms. The summed E-state index contributed by atoms with van der Waals surface area (Å²) in [4.78, 5) is 20.7. The van der Waals surface area contributed by atoms with Gasteiger partial charge in [-0.2, -0.15) is 0 Å². The first-order valence-corrected chi connectivity index (χ1v) is 3.62. The normalized spacial score (nSPS) is 17.2. The number of aliphatic hydroxyl groups is 3. The molecule has 3 N–H and O–H groups in total. The number of ether oxygens (including phenoxy) is 1. The molecule has 0 saturated carbocycles. The largest absolute Gasteiger partial charge is 0.452 e. The summed E-state index contributed by atoms with van der Waals surface area (Å²) in [6.45, 7) is 0.349. The minimum atomic E-state index is -1.61. The fourth-order valence-electron chi connectivity index (χ4n) is 0.697. The Bertz CT molecular complexity index is 180. The molecule has 0 rings (SSSR count). The van der Waals surface area contributed by atoms with Gasteiger partial charge in [0.05, 0.1) is 6.61 Å². The van der Waals surface area contributed by atoms with E-state index >= 15 is 0 Å². The van der Waals surface area contributed by atoms with Gasteiger partial charge in [-0.1, -0.05) is 0 Å². The Labute approximate surface area is 74.7 Å². The second-order valence-electron chi connectivity index (χ2n) is 2.45. The average molecular weight is 192 g/mol. The number of hydrogen-bond donors (Lipinski definition) is 3. The Morgan fingerprint density at radius 3 is 2.38 bits per heavy atom. The van der Waals surface area contributed by atoms with E-state index in [1.165, 1.54) is 0 Å². The van der Waals surface area contributed by atoms with Gasteiger partial charge in [-0.05, 0) is 0 Å². The highest BCUT2D eigenvalue weighted by Gasteiger charge is 2.27. The molecular formula is C7H12O6. The van der Waals surface area contributed by atoms with Crippen molar-refractivity contribution in [2.45, 2.75) is 25.2 Å². The highest BCUT2D eigenvalue weighted by atomic mass is 16.6. The fourth-order valence-corrected chi connectivity index (χ4v) is 0.697. The predicted octanol–water partition coefficient (Wildman–Crippen LogP) is -2.17. The van der Waals surface area contributed by atoms with Crippen LogP contribution in [-0.4, -0.2) is 52.5 Å². The lowest BCUT2D eigenvalue weighted by Crippen LogP contribution is -2.42. The van der Waals surface area contributed by atoms with Gasteiger partial charge in [0.15, 0.2) is 12.4 Å². The lowest BCUT2D eigenvalue weighted by Gasteiger charge is -2.20. The quantitative estimate of drug-likeness (QED) is 0.338. The Kier molecular flexibility index (Phi) is 5.20. The summed E-state index contributed by atoms with van der Waals surface area (Å²) in [5, 5.41) is 26.4. The Morgan fingerprint density at radius 1 is 1.54 bits per heavy atom. The molecule has 0 heterocycles. The third-order valence-electron chi connectivity index (χ3n) is 1.35. The number of carbonyl (C=O) groups is 2. The predicted molar refractivity (Wildman–Crippen MR) is 40.7 cm³/mol. The number of rotatable bonds is 5. The maximum absolute atomic E-state index is 10.4. The van der Waals surface area contributed by atoms with Crippen molar-refractivity contribution in [2.24, 2.45) is 0 Å². The molecule has 0 radical (unpaired) electrons. The van der Waals surface area contributed by atoms with E-state index in [0.717, 1.165) is 6.92 Å². The summed E-state index contributed by atoms with van der Waals surface area (Å²) in [7, 11) is 0. The second kappa shape index (κ2) is 5.63. The molecule has 76 valence electrons. The van der Waals surface area contributed by atoms with E-state index in [4.69, 9.17) is 15.3 Å². The summed E-state index contributed by atoms with van der Waals surface area (Å²) in [6, 6.07) is 0. The minimum Gasteiger partial charge on any atom is -0.452 e.